The van der Waals surface area contributed by atoms with E-state index in [0.717, 1.165) is 0 Å². The molecule has 0 saturated carbocycles. The normalized spacial score (nSPS) is 14.7. The molecule has 114 valence electrons. The van der Waals surface area contributed by atoms with Crippen molar-refractivity contribution in [3.63, 3.8) is 0 Å². The zero-order chi connectivity index (χ0) is 14.8. The molecule has 19 heavy (non-hydrogen) atoms. The fourth-order valence-corrected chi connectivity index (χ4v) is 0.922. The molecule has 0 radical (unpaired) electrons. The lowest BCUT2D eigenvalue weighted by molar-refractivity contribution is -0.527. The number of hydrogen-bond donors (Lipinski definition) is 6. The minimum Gasteiger partial charge on any atom is -0.464 e. The lowest BCUT2D eigenvalue weighted by Gasteiger charge is -2.19. The van der Waals surface area contributed by atoms with Crippen molar-refractivity contribution in [2.24, 2.45) is 5.73 Å². The Morgan fingerprint density at radius 3 is 2.32 bits per heavy atom. The molecule has 0 aliphatic heterocycles. The summed E-state index contributed by atoms with van der Waals surface area (Å²) in [6.07, 6.45) is -1.13. The maximum Gasteiger partial charge on any atom is 0.325 e. The lowest BCUT2D eigenvalue weighted by Crippen LogP contribution is -2.37. The van der Waals surface area contributed by atoms with Gasteiger partial charge in [0, 0.05) is 6.42 Å². The molecular weight excluding hydrogens is 270 g/mol. The van der Waals surface area contributed by atoms with Crippen molar-refractivity contribution in [2.75, 3.05) is 19.8 Å². The third-order valence-corrected chi connectivity index (χ3v) is 1.80. The highest BCUT2D eigenvalue weighted by Crippen LogP contribution is 2.02. The monoisotopic (exact) mass is 287 g/mol. The molecule has 2 atom stereocenters. The molecule has 0 aromatic heterocycles. The van der Waals surface area contributed by atoms with Crippen molar-refractivity contribution in [1.29, 1.82) is 0 Å². The van der Waals surface area contributed by atoms with Gasteiger partial charge in [-0.15, -0.1) is 0 Å². The number of aliphatic hydroxyl groups excluding tert-OH is 1. The van der Waals surface area contributed by atoms with E-state index in [1.807, 2.05) is 0 Å². The zero-order valence-electron chi connectivity index (χ0n) is 9.82. The van der Waals surface area contributed by atoms with Gasteiger partial charge in [0.1, 0.15) is 18.8 Å². The van der Waals surface area contributed by atoms with Gasteiger partial charge in [-0.3, -0.25) is 25.6 Å². The topological polar surface area (TPSA) is 178 Å². The van der Waals surface area contributed by atoms with Crippen molar-refractivity contribution in [3.8, 4) is 0 Å². The first-order valence-corrected chi connectivity index (χ1v) is 5.05. The van der Waals surface area contributed by atoms with Gasteiger partial charge in [0.25, 0.3) is 0 Å². The van der Waals surface area contributed by atoms with Crippen LogP contribution in [-0.4, -0.2) is 74.7 Å². The van der Waals surface area contributed by atoms with Crippen LogP contribution in [0.5, 0.6) is 0 Å². The van der Waals surface area contributed by atoms with Crippen LogP contribution in [-0.2, 0) is 19.2 Å². The fourth-order valence-electron chi connectivity index (χ4n) is 0.922. The van der Waals surface area contributed by atoms with E-state index in [2.05, 4.69) is 14.4 Å². The van der Waals surface area contributed by atoms with Crippen LogP contribution in [0.3, 0.4) is 0 Å². The first-order valence-electron chi connectivity index (χ1n) is 5.05. The summed E-state index contributed by atoms with van der Waals surface area (Å²) < 4.78 is 4.63. The molecular formula is C7H17N3O9. The van der Waals surface area contributed by atoms with E-state index in [4.69, 9.17) is 31.7 Å². The summed E-state index contributed by atoms with van der Waals surface area (Å²) in [4.78, 5) is 19.6. The molecule has 2 unspecified atom stereocenters. The Morgan fingerprint density at radius 2 is 1.84 bits per heavy atom. The molecule has 0 rings (SSSR count). The van der Waals surface area contributed by atoms with Gasteiger partial charge < -0.3 is 15.6 Å². The van der Waals surface area contributed by atoms with Gasteiger partial charge in [-0.2, -0.15) is 0 Å². The fraction of sp³-hybridized carbons (Fsp3) is 0.857. The highest BCUT2D eigenvalue weighted by atomic mass is 17.1. The largest absolute Gasteiger partial charge is 0.464 e. The van der Waals surface area contributed by atoms with Crippen LogP contribution in [0, 0.1) is 0 Å². The first-order chi connectivity index (χ1) is 8.86. The highest BCUT2D eigenvalue weighted by molar-refractivity contribution is 5.75. The minimum atomic E-state index is -1.17. The summed E-state index contributed by atoms with van der Waals surface area (Å²) in [6.45, 7) is -1.29. The predicted molar refractivity (Wildman–Crippen MR) is 52.3 cm³/mol. The van der Waals surface area contributed by atoms with Crippen LogP contribution in [0.2, 0.25) is 0 Å². The third-order valence-electron chi connectivity index (χ3n) is 1.80. The van der Waals surface area contributed by atoms with Gasteiger partial charge in [0.2, 0.25) is 0 Å². The van der Waals surface area contributed by atoms with Gasteiger partial charge in [0.15, 0.2) is 0 Å². The number of hydrogen-bond acceptors (Lipinski definition) is 12. The second-order valence-corrected chi connectivity index (χ2v) is 3.27. The van der Waals surface area contributed by atoms with Crippen molar-refractivity contribution < 1.29 is 45.1 Å². The van der Waals surface area contributed by atoms with Gasteiger partial charge in [0.05, 0.1) is 24.0 Å². The molecule has 12 heteroatoms. The second-order valence-electron chi connectivity index (χ2n) is 3.27. The summed E-state index contributed by atoms with van der Waals surface area (Å²) >= 11 is 0. The molecule has 0 fully saturated rings. The van der Waals surface area contributed by atoms with E-state index < -0.39 is 42.1 Å². The van der Waals surface area contributed by atoms with Gasteiger partial charge in [-0.1, -0.05) is 0 Å². The van der Waals surface area contributed by atoms with Crippen LogP contribution >= 0.6 is 0 Å². The molecule has 7 N–H and O–H groups in total. The van der Waals surface area contributed by atoms with Crippen LogP contribution in [0.1, 0.15) is 6.42 Å². The van der Waals surface area contributed by atoms with E-state index in [1.54, 1.807) is 0 Å². The Labute approximate surface area is 107 Å². The number of nitrogens with zero attached hydrogens (tertiary/aromatic N) is 2. The molecule has 0 amide bonds. The SMILES string of the molecule is NC(CO)C(=O)OCCC(CON(O)O)ON(O)O. The van der Waals surface area contributed by atoms with E-state index in [9.17, 15) is 4.79 Å². The molecule has 0 heterocycles. The van der Waals surface area contributed by atoms with Crippen LogP contribution in [0.25, 0.3) is 0 Å². The summed E-state index contributed by atoms with van der Waals surface area (Å²) in [5, 5.41) is 40.8. The molecule has 0 aromatic carbocycles. The Bertz CT molecular complexity index is 252. The second kappa shape index (κ2) is 9.93. The standard InChI is InChI=1S/C7H17N3O9/c8-6(3-11)7(12)17-2-1-5(19-10(15)16)4-18-9(13)14/h5-6,11,13-16H,1-4,8H2. The quantitative estimate of drug-likeness (QED) is 0.186. The number of nitrogens with two attached hydrogens (primary N) is 1. The Morgan fingerprint density at radius 1 is 1.21 bits per heavy atom. The van der Waals surface area contributed by atoms with E-state index >= 15 is 0 Å². The maximum absolute atomic E-state index is 11.1. The molecule has 0 bridgehead atoms. The van der Waals surface area contributed by atoms with Gasteiger partial charge >= 0.3 is 5.97 Å². The average molecular weight is 287 g/mol. The van der Waals surface area contributed by atoms with Crippen molar-refractivity contribution in [2.45, 2.75) is 18.6 Å². The summed E-state index contributed by atoms with van der Waals surface area (Å²) in [5.41, 5.74) is 5.17. The molecule has 0 aliphatic rings. The van der Waals surface area contributed by atoms with Crippen molar-refractivity contribution >= 4 is 5.97 Å². The van der Waals surface area contributed by atoms with Crippen LogP contribution < -0.4 is 5.73 Å². The lowest BCUT2D eigenvalue weighted by atomic mass is 10.3. The minimum absolute atomic E-state index is 0.0741. The average Bonchev–Trinajstić information content (AvgIpc) is 2.33. The summed E-state index contributed by atoms with van der Waals surface area (Å²) in [7, 11) is 0. The summed E-state index contributed by atoms with van der Waals surface area (Å²) in [6, 6.07) is -1.17. The summed E-state index contributed by atoms with van der Waals surface area (Å²) in [5.74, 6) is -0.849. The molecule has 0 aliphatic carbocycles. The molecule has 12 nitrogen and oxygen atoms in total. The molecule has 0 spiro atoms. The predicted octanol–water partition coefficient (Wildman–Crippen LogP) is -2.37. The number of rotatable bonds is 10. The van der Waals surface area contributed by atoms with E-state index in [-0.39, 0.29) is 13.0 Å². The maximum atomic E-state index is 11.1. The van der Waals surface area contributed by atoms with E-state index in [1.165, 1.54) is 0 Å². The number of aliphatic hydroxyl groups is 1. The van der Waals surface area contributed by atoms with E-state index in [0.29, 0.717) is 0 Å². The van der Waals surface area contributed by atoms with Crippen LogP contribution in [0.4, 0.5) is 0 Å². The van der Waals surface area contributed by atoms with Gasteiger partial charge in [-0.25, -0.2) is 9.68 Å². The highest BCUT2D eigenvalue weighted by Gasteiger charge is 2.18. The number of ether oxygens (including phenoxy) is 1. The Hall–Kier alpha value is -0.930. The smallest absolute Gasteiger partial charge is 0.325 e. The first kappa shape index (κ1) is 18.1. The Balaban J connectivity index is 4.00. The Kier molecular flexibility index (Phi) is 9.44. The zero-order valence-corrected chi connectivity index (χ0v) is 9.82. The van der Waals surface area contributed by atoms with Crippen molar-refractivity contribution in [3.05, 3.63) is 0 Å². The van der Waals surface area contributed by atoms with Crippen LogP contribution in [0.15, 0.2) is 0 Å². The number of esters is 1. The van der Waals surface area contributed by atoms with Crippen molar-refractivity contribution in [1.82, 2.24) is 10.8 Å². The number of carbonyl (C=O) groups is 1. The molecule has 0 aromatic rings. The number of carbonyl (C=O) groups excluding carboxylic acids is 1. The third kappa shape index (κ3) is 9.62. The molecule has 0 saturated heterocycles. The van der Waals surface area contributed by atoms with Gasteiger partial charge in [-0.05, 0) is 0 Å².